The molecule has 2 aliphatic rings. The molecule has 1 aromatic carbocycles. The Kier molecular flexibility index (Phi) is 4.58. The van der Waals surface area contributed by atoms with Crippen molar-refractivity contribution in [3.63, 3.8) is 0 Å². The maximum atomic E-state index is 12.3. The van der Waals surface area contributed by atoms with Crippen molar-refractivity contribution in [1.29, 1.82) is 0 Å². The number of ether oxygens (including phenoxy) is 2. The summed E-state index contributed by atoms with van der Waals surface area (Å²) >= 11 is 1.82. The lowest BCUT2D eigenvalue weighted by atomic mass is 10.1. The minimum Gasteiger partial charge on any atom is -0.486 e. The molecule has 0 aliphatic carbocycles. The van der Waals surface area contributed by atoms with E-state index in [1.807, 2.05) is 28.8 Å². The summed E-state index contributed by atoms with van der Waals surface area (Å²) in [5.74, 6) is 2.86. The summed E-state index contributed by atoms with van der Waals surface area (Å²) in [5.41, 5.74) is 1.13. The number of carbonyl (C=O) groups is 1. The Bertz CT molecular complexity index is 520. The number of rotatable bonds is 4. The number of benzene rings is 1. The van der Waals surface area contributed by atoms with Crippen LogP contribution in [0.3, 0.4) is 0 Å². The fraction of sp³-hybridized carbons (Fsp3) is 0.562. The predicted octanol–water partition coefficient (Wildman–Crippen LogP) is 3.22. The highest BCUT2D eigenvalue weighted by molar-refractivity contribution is 7.99. The van der Waals surface area contributed by atoms with Gasteiger partial charge in [0.15, 0.2) is 11.5 Å². The fourth-order valence-corrected chi connectivity index (χ4v) is 3.95. The standard InChI is InChI=1S/C16H21NO3S/c1-2-3-4-15(18)17-7-10-21-16(17)12-5-6-13-14(11-12)20-9-8-19-13/h5-6,11,16H,2-4,7-10H2,1H3/t16-/m0/s1. The summed E-state index contributed by atoms with van der Waals surface area (Å²) in [7, 11) is 0. The largest absolute Gasteiger partial charge is 0.486 e. The van der Waals surface area contributed by atoms with E-state index in [2.05, 4.69) is 13.0 Å². The van der Waals surface area contributed by atoms with Crippen LogP contribution in [-0.2, 0) is 4.79 Å². The average Bonchev–Trinajstić information content (AvgIpc) is 3.01. The number of carbonyl (C=O) groups excluding carboxylic acids is 1. The van der Waals surface area contributed by atoms with Crippen LogP contribution in [0.2, 0.25) is 0 Å². The monoisotopic (exact) mass is 307 g/mol. The lowest BCUT2D eigenvalue weighted by Crippen LogP contribution is -2.30. The van der Waals surface area contributed by atoms with Gasteiger partial charge in [0.1, 0.15) is 18.6 Å². The zero-order valence-electron chi connectivity index (χ0n) is 12.3. The number of thioether (sulfide) groups is 1. The molecular weight excluding hydrogens is 286 g/mol. The van der Waals surface area contributed by atoms with E-state index in [1.165, 1.54) is 0 Å². The van der Waals surface area contributed by atoms with Gasteiger partial charge in [-0.1, -0.05) is 19.4 Å². The van der Waals surface area contributed by atoms with Crippen LogP contribution in [0.15, 0.2) is 18.2 Å². The molecule has 0 bridgehead atoms. The Hall–Kier alpha value is -1.36. The molecule has 0 saturated carbocycles. The third-order valence-corrected chi connectivity index (χ3v) is 5.07. The van der Waals surface area contributed by atoms with E-state index in [9.17, 15) is 4.79 Å². The number of unbranched alkanes of at least 4 members (excludes halogenated alkanes) is 1. The van der Waals surface area contributed by atoms with E-state index in [0.717, 1.165) is 42.2 Å². The highest BCUT2D eigenvalue weighted by Gasteiger charge is 2.31. The van der Waals surface area contributed by atoms with E-state index >= 15 is 0 Å². The van der Waals surface area contributed by atoms with Crippen molar-refractivity contribution in [3.05, 3.63) is 23.8 Å². The minimum atomic E-state index is 0.116. The molecule has 0 N–H and O–H groups in total. The third kappa shape index (κ3) is 3.12. The summed E-state index contributed by atoms with van der Waals surface area (Å²) in [6, 6.07) is 6.03. The first kappa shape index (κ1) is 14.6. The molecule has 0 spiro atoms. The first-order valence-corrected chi connectivity index (χ1v) is 8.65. The van der Waals surface area contributed by atoms with Gasteiger partial charge in [-0.3, -0.25) is 4.79 Å². The Labute approximate surface area is 129 Å². The summed E-state index contributed by atoms with van der Waals surface area (Å²) in [6.07, 6.45) is 2.67. The molecule has 1 fully saturated rings. The first-order valence-electron chi connectivity index (χ1n) is 7.60. The molecule has 3 rings (SSSR count). The molecule has 1 aromatic rings. The van der Waals surface area contributed by atoms with Crippen LogP contribution in [-0.4, -0.2) is 36.3 Å². The van der Waals surface area contributed by atoms with Gasteiger partial charge in [0.05, 0.1) is 0 Å². The lowest BCUT2D eigenvalue weighted by Gasteiger charge is -2.26. The number of hydrogen-bond donors (Lipinski definition) is 0. The van der Waals surface area contributed by atoms with Gasteiger partial charge < -0.3 is 14.4 Å². The smallest absolute Gasteiger partial charge is 0.223 e. The zero-order chi connectivity index (χ0) is 14.7. The van der Waals surface area contributed by atoms with E-state index in [4.69, 9.17) is 9.47 Å². The van der Waals surface area contributed by atoms with Crippen LogP contribution in [0.1, 0.15) is 37.1 Å². The molecule has 114 valence electrons. The molecular formula is C16H21NO3S. The normalized spacial score (nSPS) is 20.6. The second-order valence-corrected chi connectivity index (χ2v) is 6.51. The van der Waals surface area contributed by atoms with E-state index < -0.39 is 0 Å². The summed E-state index contributed by atoms with van der Waals surface area (Å²) in [4.78, 5) is 14.3. The van der Waals surface area contributed by atoms with Gasteiger partial charge in [0, 0.05) is 18.7 Å². The maximum Gasteiger partial charge on any atom is 0.223 e. The van der Waals surface area contributed by atoms with Crippen molar-refractivity contribution < 1.29 is 14.3 Å². The van der Waals surface area contributed by atoms with Crippen LogP contribution in [0, 0.1) is 0 Å². The maximum absolute atomic E-state index is 12.3. The second kappa shape index (κ2) is 6.60. The molecule has 2 heterocycles. The van der Waals surface area contributed by atoms with Crippen molar-refractivity contribution in [2.24, 2.45) is 0 Å². The van der Waals surface area contributed by atoms with E-state index in [-0.39, 0.29) is 11.3 Å². The number of fused-ring (bicyclic) bond motifs is 1. The Balaban J connectivity index is 1.77. The van der Waals surface area contributed by atoms with Crippen LogP contribution in [0.4, 0.5) is 0 Å². The van der Waals surface area contributed by atoms with Gasteiger partial charge in [-0.2, -0.15) is 0 Å². The molecule has 1 saturated heterocycles. The lowest BCUT2D eigenvalue weighted by molar-refractivity contribution is -0.131. The molecule has 0 unspecified atom stereocenters. The number of nitrogens with zero attached hydrogens (tertiary/aromatic N) is 1. The molecule has 0 radical (unpaired) electrons. The van der Waals surface area contributed by atoms with Crippen molar-refractivity contribution in [2.45, 2.75) is 31.6 Å². The molecule has 1 amide bonds. The molecule has 0 aromatic heterocycles. The molecule has 4 nitrogen and oxygen atoms in total. The van der Waals surface area contributed by atoms with Crippen LogP contribution in [0.25, 0.3) is 0 Å². The summed E-state index contributed by atoms with van der Waals surface area (Å²) in [6.45, 7) is 4.15. The van der Waals surface area contributed by atoms with Gasteiger partial charge in [-0.05, 0) is 24.1 Å². The predicted molar refractivity (Wildman–Crippen MR) is 83.9 cm³/mol. The molecule has 5 heteroatoms. The molecule has 21 heavy (non-hydrogen) atoms. The van der Waals surface area contributed by atoms with E-state index in [0.29, 0.717) is 19.6 Å². The van der Waals surface area contributed by atoms with Gasteiger partial charge in [0.25, 0.3) is 0 Å². The van der Waals surface area contributed by atoms with Crippen LogP contribution >= 0.6 is 11.8 Å². The summed E-state index contributed by atoms with van der Waals surface area (Å²) in [5, 5.41) is 0.116. The second-order valence-electron chi connectivity index (χ2n) is 5.32. The SMILES string of the molecule is CCCCC(=O)N1CCS[C@H]1c1ccc2c(c1)OCCO2. The Morgan fingerprint density at radius 1 is 1.33 bits per heavy atom. The Morgan fingerprint density at radius 2 is 2.14 bits per heavy atom. The molecule has 2 aliphatic heterocycles. The minimum absolute atomic E-state index is 0.116. The third-order valence-electron chi connectivity index (χ3n) is 3.81. The van der Waals surface area contributed by atoms with Gasteiger partial charge >= 0.3 is 0 Å². The van der Waals surface area contributed by atoms with Crippen molar-refractivity contribution in [2.75, 3.05) is 25.5 Å². The number of amides is 1. The van der Waals surface area contributed by atoms with Gasteiger partial charge in [0.2, 0.25) is 5.91 Å². The Morgan fingerprint density at radius 3 is 2.95 bits per heavy atom. The highest BCUT2D eigenvalue weighted by Crippen LogP contribution is 2.41. The van der Waals surface area contributed by atoms with Crippen molar-refractivity contribution in [3.8, 4) is 11.5 Å². The first-order chi connectivity index (χ1) is 10.3. The van der Waals surface area contributed by atoms with Crippen LogP contribution in [0.5, 0.6) is 11.5 Å². The number of hydrogen-bond acceptors (Lipinski definition) is 4. The molecule has 1 atom stereocenters. The fourth-order valence-electron chi connectivity index (χ4n) is 2.69. The van der Waals surface area contributed by atoms with E-state index in [1.54, 1.807) is 0 Å². The van der Waals surface area contributed by atoms with Gasteiger partial charge in [-0.15, -0.1) is 11.8 Å². The van der Waals surface area contributed by atoms with Crippen molar-refractivity contribution in [1.82, 2.24) is 4.90 Å². The quantitative estimate of drug-likeness (QED) is 0.856. The zero-order valence-corrected chi connectivity index (χ0v) is 13.2. The highest BCUT2D eigenvalue weighted by atomic mass is 32.2. The van der Waals surface area contributed by atoms with Gasteiger partial charge in [-0.25, -0.2) is 0 Å². The van der Waals surface area contributed by atoms with Crippen LogP contribution < -0.4 is 9.47 Å². The van der Waals surface area contributed by atoms with Crippen molar-refractivity contribution >= 4 is 17.7 Å². The topological polar surface area (TPSA) is 38.8 Å². The summed E-state index contributed by atoms with van der Waals surface area (Å²) < 4.78 is 11.2. The average molecular weight is 307 g/mol.